The number of hydrogen-bond acceptors (Lipinski definition) is 12. The van der Waals surface area contributed by atoms with E-state index in [9.17, 15) is 20.2 Å². The van der Waals surface area contributed by atoms with Crippen molar-refractivity contribution in [2.24, 2.45) is 0 Å². The second kappa shape index (κ2) is 16.9. The molecule has 0 radical (unpaired) electrons. The highest BCUT2D eigenvalue weighted by molar-refractivity contribution is 5.79. The van der Waals surface area contributed by atoms with Crippen molar-refractivity contribution in [1.82, 2.24) is 29.4 Å². The van der Waals surface area contributed by atoms with Gasteiger partial charge in [-0.05, 0) is 87.0 Å². The van der Waals surface area contributed by atoms with Crippen molar-refractivity contribution in [2.75, 3.05) is 54.4 Å². The zero-order valence-electron chi connectivity index (χ0n) is 30.9. The van der Waals surface area contributed by atoms with Crippen molar-refractivity contribution in [2.45, 2.75) is 90.2 Å². The van der Waals surface area contributed by atoms with Crippen LogP contribution in [-0.2, 0) is 4.74 Å². The minimum absolute atomic E-state index is 0.168. The molecule has 0 bridgehead atoms. The summed E-state index contributed by atoms with van der Waals surface area (Å²) in [7, 11) is 0. The van der Waals surface area contributed by atoms with E-state index >= 15 is 0 Å². The molecule has 0 spiro atoms. The number of rotatable bonds is 6. The van der Waals surface area contributed by atoms with E-state index in [0.717, 1.165) is 61.4 Å². The van der Waals surface area contributed by atoms with Crippen molar-refractivity contribution in [3.8, 4) is 6.07 Å². The molecule has 2 aliphatic heterocycles. The lowest BCUT2D eigenvalue weighted by atomic mass is 10.2. The molecule has 2 saturated heterocycles. The summed E-state index contributed by atoms with van der Waals surface area (Å²) >= 11 is 0. The Hall–Kier alpha value is -5.52. The van der Waals surface area contributed by atoms with Gasteiger partial charge in [0.25, 0.3) is 0 Å². The average molecular weight is 724 g/mol. The molecule has 15 nitrogen and oxygen atoms in total. The van der Waals surface area contributed by atoms with Gasteiger partial charge in [0.2, 0.25) is 5.95 Å². The summed E-state index contributed by atoms with van der Waals surface area (Å²) in [6.45, 7) is 10.3. The van der Waals surface area contributed by atoms with Crippen LogP contribution in [-0.4, -0.2) is 85.3 Å². The Morgan fingerprint density at radius 1 is 0.868 bits per heavy atom. The average Bonchev–Trinajstić information content (AvgIpc) is 3.60. The second-order valence-corrected chi connectivity index (χ2v) is 14.8. The van der Waals surface area contributed by atoms with Gasteiger partial charge >= 0.3 is 11.9 Å². The fraction of sp³-hybridized carbons (Fsp3) is 0.526. The molecule has 4 aromatic rings. The molecule has 3 fully saturated rings. The van der Waals surface area contributed by atoms with Crippen LogP contribution < -0.4 is 15.1 Å². The smallest absolute Gasteiger partial charge is 0.410 e. The number of carbonyl (C=O) groups excluding carboxylic acids is 1. The summed E-state index contributed by atoms with van der Waals surface area (Å²) < 4.78 is 7.50. The fourth-order valence-electron chi connectivity index (χ4n) is 7.13. The van der Waals surface area contributed by atoms with Crippen LogP contribution in [0.5, 0.6) is 0 Å². The SMILES string of the molecule is CC(C)(C)OC(=O)N1CCCN(c2ccc([N+](=O)[O-])nc2)CC1.N#Cc1cc2cnc(Nc3ccc(N4CCCCCC4)cn3)nc2n1C1CCCC1. The monoisotopic (exact) mass is 723 g/mol. The van der Waals surface area contributed by atoms with E-state index in [-0.39, 0.29) is 11.9 Å². The lowest BCUT2D eigenvalue weighted by Gasteiger charge is -2.26. The topological polar surface area (TPSA) is 171 Å². The summed E-state index contributed by atoms with van der Waals surface area (Å²) in [6, 6.07) is 11.8. The maximum absolute atomic E-state index is 12.1. The Morgan fingerprint density at radius 2 is 1.55 bits per heavy atom. The highest BCUT2D eigenvalue weighted by atomic mass is 16.6. The van der Waals surface area contributed by atoms with Crippen LogP contribution in [0.3, 0.4) is 0 Å². The number of anilines is 4. The van der Waals surface area contributed by atoms with Gasteiger partial charge in [-0.25, -0.2) is 14.8 Å². The Labute approximate surface area is 310 Å². The van der Waals surface area contributed by atoms with Crippen LogP contribution in [0.1, 0.15) is 90.3 Å². The molecular weight excluding hydrogens is 674 g/mol. The van der Waals surface area contributed by atoms with E-state index in [0.29, 0.717) is 37.3 Å². The molecule has 1 N–H and O–H groups in total. The Balaban J connectivity index is 0.000000189. The number of pyridine rings is 2. The summed E-state index contributed by atoms with van der Waals surface area (Å²) in [5.41, 5.74) is 2.99. The van der Waals surface area contributed by atoms with Crippen LogP contribution in [0, 0.1) is 21.4 Å². The number of fused-ring (bicyclic) bond motifs is 1. The third kappa shape index (κ3) is 9.68. The van der Waals surface area contributed by atoms with E-state index in [2.05, 4.69) is 46.8 Å². The predicted molar refractivity (Wildman–Crippen MR) is 203 cm³/mol. The molecule has 7 rings (SSSR count). The van der Waals surface area contributed by atoms with E-state index in [1.165, 1.54) is 56.5 Å². The van der Waals surface area contributed by atoms with E-state index in [4.69, 9.17) is 9.72 Å². The molecule has 15 heteroatoms. The normalized spacial score (nSPS) is 17.0. The van der Waals surface area contributed by atoms with Gasteiger partial charge in [0.05, 0.1) is 17.6 Å². The Morgan fingerprint density at radius 3 is 2.17 bits per heavy atom. The summed E-state index contributed by atoms with van der Waals surface area (Å²) in [4.78, 5) is 46.1. The number of nitro groups is 1. The molecule has 1 amide bonds. The molecule has 0 atom stereocenters. The number of carbonyl (C=O) groups is 1. The van der Waals surface area contributed by atoms with Crippen LogP contribution in [0.4, 0.5) is 33.8 Å². The van der Waals surface area contributed by atoms with Gasteiger partial charge < -0.3 is 39.4 Å². The Kier molecular flexibility index (Phi) is 11.9. The highest BCUT2D eigenvalue weighted by Gasteiger charge is 2.26. The van der Waals surface area contributed by atoms with Gasteiger partial charge in [-0.15, -0.1) is 0 Å². The molecule has 0 aromatic carbocycles. The first-order valence-corrected chi connectivity index (χ1v) is 18.7. The quantitative estimate of drug-likeness (QED) is 0.155. The van der Waals surface area contributed by atoms with Gasteiger partial charge in [-0.2, -0.15) is 10.2 Å². The number of aromatic nitrogens is 5. The van der Waals surface area contributed by atoms with Crippen molar-refractivity contribution in [3.63, 3.8) is 0 Å². The molecule has 4 aromatic heterocycles. The number of nitrogens with zero attached hydrogens (tertiary/aromatic N) is 10. The molecule has 1 aliphatic carbocycles. The fourth-order valence-corrected chi connectivity index (χ4v) is 7.13. The van der Waals surface area contributed by atoms with Gasteiger partial charge in [0, 0.05) is 63.0 Å². The van der Waals surface area contributed by atoms with Gasteiger partial charge in [-0.1, -0.05) is 25.7 Å². The second-order valence-electron chi connectivity index (χ2n) is 14.8. The van der Waals surface area contributed by atoms with Crippen LogP contribution >= 0.6 is 0 Å². The molecule has 53 heavy (non-hydrogen) atoms. The number of nitrogens with one attached hydrogen (secondary N) is 1. The largest absolute Gasteiger partial charge is 0.444 e. The van der Waals surface area contributed by atoms with Crippen molar-refractivity contribution in [1.29, 1.82) is 5.26 Å². The number of nitriles is 1. The maximum atomic E-state index is 12.1. The first-order chi connectivity index (χ1) is 25.6. The zero-order valence-corrected chi connectivity index (χ0v) is 30.9. The van der Waals surface area contributed by atoms with Gasteiger partial charge in [-0.3, -0.25) is 0 Å². The number of hydrogen-bond donors (Lipinski definition) is 1. The standard InChI is InChI=1S/C23H27N7.C15H22N4O4/c24-14-20-13-17-15-26-23(28-22(17)30(20)18-7-3-4-8-18)27-21-10-9-19(16-25-21)29-11-5-1-2-6-12-29;1-15(2,3)23-14(20)18-8-4-7-17(9-10-18)12-5-6-13(16-11-12)19(21)22/h9-10,13,15-16,18H,1-8,11-12H2,(H,25,26,27,28);5-6,11H,4,7-10H2,1-3H3. The minimum Gasteiger partial charge on any atom is -0.444 e. The van der Waals surface area contributed by atoms with Crippen LogP contribution in [0.25, 0.3) is 11.0 Å². The summed E-state index contributed by atoms with van der Waals surface area (Å²) in [5.74, 6) is 1.07. The molecule has 3 aliphatic rings. The van der Waals surface area contributed by atoms with Crippen molar-refractivity contribution >= 4 is 46.1 Å². The van der Waals surface area contributed by atoms with E-state index < -0.39 is 10.5 Å². The van der Waals surface area contributed by atoms with Gasteiger partial charge in [0.15, 0.2) is 6.20 Å². The Bertz CT molecular complexity index is 1890. The first kappa shape index (κ1) is 37.2. The van der Waals surface area contributed by atoms with Crippen LogP contribution in [0.2, 0.25) is 0 Å². The third-order valence-corrected chi connectivity index (χ3v) is 9.77. The third-order valence-electron chi connectivity index (χ3n) is 9.77. The van der Waals surface area contributed by atoms with Crippen molar-refractivity contribution in [3.05, 3.63) is 64.7 Å². The number of amides is 1. The van der Waals surface area contributed by atoms with E-state index in [1.807, 2.05) is 39.1 Å². The molecule has 6 heterocycles. The first-order valence-electron chi connectivity index (χ1n) is 18.7. The zero-order chi connectivity index (χ0) is 37.4. The molecule has 0 unspecified atom stereocenters. The number of ether oxygens (including phenoxy) is 1. The lowest BCUT2D eigenvalue weighted by Crippen LogP contribution is -2.39. The van der Waals surface area contributed by atoms with Crippen molar-refractivity contribution < 1.29 is 14.5 Å². The van der Waals surface area contributed by atoms with E-state index in [1.54, 1.807) is 17.2 Å². The molecule has 280 valence electrons. The predicted octanol–water partition coefficient (Wildman–Crippen LogP) is 7.37. The summed E-state index contributed by atoms with van der Waals surface area (Å²) in [5, 5.41) is 24.4. The highest BCUT2D eigenvalue weighted by Crippen LogP contribution is 2.34. The lowest BCUT2D eigenvalue weighted by molar-refractivity contribution is -0.389. The maximum Gasteiger partial charge on any atom is 0.410 e. The summed E-state index contributed by atoms with van der Waals surface area (Å²) in [6.07, 6.45) is 15.5. The minimum atomic E-state index is -0.517. The van der Waals surface area contributed by atoms with Gasteiger partial charge in [0.1, 0.15) is 28.8 Å². The van der Waals surface area contributed by atoms with Crippen LogP contribution in [0.15, 0.2) is 48.9 Å². The molecular formula is C38H49N11O4. The molecule has 1 saturated carbocycles.